The van der Waals surface area contributed by atoms with Gasteiger partial charge in [-0.2, -0.15) is 0 Å². The van der Waals surface area contributed by atoms with Crippen LogP contribution in [0.2, 0.25) is 0 Å². The highest BCUT2D eigenvalue weighted by molar-refractivity contribution is 5.10. The monoisotopic (exact) mass is 210 g/mol. The minimum absolute atomic E-state index is 0.0827. The van der Waals surface area contributed by atoms with Gasteiger partial charge < -0.3 is 9.84 Å². The highest BCUT2D eigenvalue weighted by Gasteiger charge is 1.98. The summed E-state index contributed by atoms with van der Waals surface area (Å²) in [5.41, 5.74) is 0.560. The minimum Gasteiger partial charge on any atom is -0.477 e. The summed E-state index contributed by atoms with van der Waals surface area (Å²) in [6.07, 6.45) is 2.18. The van der Waals surface area contributed by atoms with E-state index in [9.17, 15) is 0 Å². The maximum atomic E-state index is 8.76. The van der Waals surface area contributed by atoms with Crippen LogP contribution in [0, 0.1) is 5.92 Å². The zero-order valence-electron chi connectivity index (χ0n) is 9.31. The first-order valence-corrected chi connectivity index (χ1v) is 5.28. The van der Waals surface area contributed by atoms with Crippen molar-refractivity contribution in [3.05, 3.63) is 17.8 Å². The molecule has 4 heteroatoms. The molecule has 84 valence electrons. The van der Waals surface area contributed by atoms with E-state index in [0.29, 0.717) is 24.1 Å². The van der Waals surface area contributed by atoms with E-state index in [1.54, 1.807) is 12.1 Å². The van der Waals surface area contributed by atoms with E-state index in [1.165, 1.54) is 0 Å². The van der Waals surface area contributed by atoms with E-state index < -0.39 is 0 Å². The van der Waals surface area contributed by atoms with Crippen LogP contribution < -0.4 is 4.74 Å². The van der Waals surface area contributed by atoms with Gasteiger partial charge in [0.05, 0.1) is 18.9 Å². The molecule has 0 fully saturated rings. The van der Waals surface area contributed by atoms with Crippen LogP contribution >= 0.6 is 0 Å². The molecule has 1 rings (SSSR count). The summed E-state index contributed by atoms with van der Waals surface area (Å²) in [5.74, 6) is 1.23. The molecule has 1 heterocycles. The van der Waals surface area contributed by atoms with Crippen molar-refractivity contribution in [1.82, 2.24) is 10.2 Å². The molecule has 0 radical (unpaired) electrons. The molecule has 1 aromatic rings. The normalized spacial score (nSPS) is 10.7. The van der Waals surface area contributed by atoms with Gasteiger partial charge in [0.1, 0.15) is 0 Å². The van der Waals surface area contributed by atoms with Crippen molar-refractivity contribution in [3.8, 4) is 5.88 Å². The molecule has 0 aliphatic carbocycles. The summed E-state index contributed by atoms with van der Waals surface area (Å²) in [5, 5.41) is 16.4. The third-order valence-electron chi connectivity index (χ3n) is 2.03. The highest BCUT2D eigenvalue weighted by atomic mass is 16.5. The van der Waals surface area contributed by atoms with Gasteiger partial charge in [-0.3, -0.25) is 0 Å². The maximum absolute atomic E-state index is 8.76. The second-order valence-electron chi connectivity index (χ2n) is 3.91. The Bertz CT molecular complexity index is 272. The fourth-order valence-corrected chi connectivity index (χ4v) is 1.18. The highest BCUT2D eigenvalue weighted by Crippen LogP contribution is 2.07. The first kappa shape index (κ1) is 11.9. The van der Waals surface area contributed by atoms with Crippen LogP contribution in [0.3, 0.4) is 0 Å². The molecule has 0 aliphatic rings. The fourth-order valence-electron chi connectivity index (χ4n) is 1.18. The van der Waals surface area contributed by atoms with Crippen LogP contribution in [0.4, 0.5) is 0 Å². The first-order chi connectivity index (χ1) is 7.22. The number of hydrogen-bond acceptors (Lipinski definition) is 4. The first-order valence-electron chi connectivity index (χ1n) is 5.28. The van der Waals surface area contributed by atoms with Crippen LogP contribution in [0.5, 0.6) is 5.88 Å². The predicted molar refractivity (Wildman–Crippen MR) is 57.5 cm³/mol. The molecule has 1 aromatic heterocycles. The van der Waals surface area contributed by atoms with Crippen LogP contribution in [-0.4, -0.2) is 21.9 Å². The molecule has 0 saturated heterocycles. The van der Waals surface area contributed by atoms with Crippen LogP contribution in [0.1, 0.15) is 32.4 Å². The molecule has 0 spiro atoms. The SMILES string of the molecule is CC(C)CCCOc1ccc(CO)nn1. The average Bonchev–Trinajstić information content (AvgIpc) is 2.25. The van der Waals surface area contributed by atoms with Gasteiger partial charge in [0.15, 0.2) is 0 Å². The molecule has 15 heavy (non-hydrogen) atoms. The van der Waals surface area contributed by atoms with Gasteiger partial charge in [-0.1, -0.05) is 13.8 Å². The maximum Gasteiger partial charge on any atom is 0.233 e. The second-order valence-corrected chi connectivity index (χ2v) is 3.91. The van der Waals surface area contributed by atoms with Crippen LogP contribution in [-0.2, 0) is 6.61 Å². The largest absolute Gasteiger partial charge is 0.477 e. The molecule has 4 nitrogen and oxygen atoms in total. The minimum atomic E-state index is -0.0827. The van der Waals surface area contributed by atoms with Crippen molar-refractivity contribution < 1.29 is 9.84 Å². The van der Waals surface area contributed by atoms with E-state index in [2.05, 4.69) is 24.0 Å². The Kier molecular flexibility index (Phi) is 5.04. The number of aromatic nitrogens is 2. The molecule has 0 amide bonds. The summed E-state index contributed by atoms with van der Waals surface area (Å²) < 4.78 is 5.40. The third-order valence-corrected chi connectivity index (χ3v) is 2.03. The van der Waals surface area contributed by atoms with E-state index in [-0.39, 0.29) is 6.61 Å². The molecular formula is C11H18N2O2. The van der Waals surface area contributed by atoms with Gasteiger partial charge in [-0.15, -0.1) is 10.2 Å². The Morgan fingerprint density at radius 3 is 2.67 bits per heavy atom. The number of aliphatic hydroxyl groups is 1. The molecular weight excluding hydrogens is 192 g/mol. The summed E-state index contributed by atoms with van der Waals surface area (Å²) in [7, 11) is 0. The van der Waals surface area contributed by atoms with Gasteiger partial charge in [-0.05, 0) is 24.8 Å². The Balaban J connectivity index is 2.25. The van der Waals surface area contributed by atoms with Crippen molar-refractivity contribution >= 4 is 0 Å². The quantitative estimate of drug-likeness (QED) is 0.727. The van der Waals surface area contributed by atoms with Gasteiger partial charge in [0, 0.05) is 6.07 Å². The van der Waals surface area contributed by atoms with Gasteiger partial charge >= 0.3 is 0 Å². The Morgan fingerprint density at radius 1 is 1.33 bits per heavy atom. The zero-order valence-corrected chi connectivity index (χ0v) is 9.31. The molecule has 0 bridgehead atoms. The van der Waals surface area contributed by atoms with Crippen LogP contribution in [0.25, 0.3) is 0 Å². The topological polar surface area (TPSA) is 55.2 Å². The van der Waals surface area contributed by atoms with Gasteiger partial charge in [0.25, 0.3) is 0 Å². The van der Waals surface area contributed by atoms with Crippen molar-refractivity contribution in [3.63, 3.8) is 0 Å². The smallest absolute Gasteiger partial charge is 0.233 e. The molecule has 0 aliphatic heterocycles. The molecule has 0 aromatic carbocycles. The zero-order chi connectivity index (χ0) is 11.1. The summed E-state index contributed by atoms with van der Waals surface area (Å²) >= 11 is 0. The summed E-state index contributed by atoms with van der Waals surface area (Å²) in [4.78, 5) is 0. The van der Waals surface area contributed by atoms with E-state index in [1.807, 2.05) is 0 Å². The lowest BCUT2D eigenvalue weighted by Crippen LogP contribution is -2.02. The van der Waals surface area contributed by atoms with Crippen molar-refractivity contribution in [2.45, 2.75) is 33.3 Å². The summed E-state index contributed by atoms with van der Waals surface area (Å²) in [6, 6.07) is 3.44. The van der Waals surface area contributed by atoms with Crippen LogP contribution in [0.15, 0.2) is 12.1 Å². The van der Waals surface area contributed by atoms with Gasteiger partial charge in [0.2, 0.25) is 5.88 Å². The standard InChI is InChI=1S/C11H18N2O2/c1-9(2)4-3-7-15-11-6-5-10(8-14)12-13-11/h5-6,9,14H,3-4,7-8H2,1-2H3. The Labute approximate surface area is 90.3 Å². The van der Waals surface area contributed by atoms with Crippen molar-refractivity contribution in [1.29, 1.82) is 0 Å². The Hall–Kier alpha value is -1.16. The number of rotatable bonds is 6. The van der Waals surface area contributed by atoms with Gasteiger partial charge in [-0.25, -0.2) is 0 Å². The summed E-state index contributed by atoms with van der Waals surface area (Å²) in [6.45, 7) is 4.97. The molecule has 1 N–H and O–H groups in total. The Morgan fingerprint density at radius 2 is 2.13 bits per heavy atom. The number of aliphatic hydroxyl groups excluding tert-OH is 1. The van der Waals surface area contributed by atoms with E-state index >= 15 is 0 Å². The average molecular weight is 210 g/mol. The fraction of sp³-hybridized carbons (Fsp3) is 0.636. The lowest BCUT2D eigenvalue weighted by molar-refractivity contribution is 0.268. The molecule has 0 saturated carbocycles. The number of ether oxygens (including phenoxy) is 1. The van der Waals surface area contributed by atoms with E-state index in [4.69, 9.17) is 9.84 Å². The molecule has 0 unspecified atom stereocenters. The number of nitrogens with zero attached hydrogens (tertiary/aromatic N) is 2. The molecule has 0 atom stereocenters. The predicted octanol–water partition coefficient (Wildman–Crippen LogP) is 1.78. The number of hydrogen-bond donors (Lipinski definition) is 1. The lowest BCUT2D eigenvalue weighted by Gasteiger charge is -2.06. The third kappa shape index (κ3) is 4.74. The second kappa shape index (κ2) is 6.35. The van der Waals surface area contributed by atoms with E-state index in [0.717, 1.165) is 12.8 Å². The van der Waals surface area contributed by atoms with Crippen molar-refractivity contribution in [2.75, 3.05) is 6.61 Å². The van der Waals surface area contributed by atoms with Crippen molar-refractivity contribution in [2.24, 2.45) is 5.92 Å². The lowest BCUT2D eigenvalue weighted by atomic mass is 10.1.